The van der Waals surface area contributed by atoms with Crippen LogP contribution in [0.4, 0.5) is 0 Å². The number of rotatable bonds is 4. The lowest BCUT2D eigenvalue weighted by Crippen LogP contribution is -2.42. The number of hydrogen-bond acceptors (Lipinski definition) is 6. The van der Waals surface area contributed by atoms with Crippen molar-refractivity contribution in [2.75, 3.05) is 6.26 Å². The highest BCUT2D eigenvalue weighted by Crippen LogP contribution is 2.14. The lowest BCUT2D eigenvalue weighted by atomic mass is 10.1. The maximum absolute atomic E-state index is 12.0. The largest absolute Gasteiger partial charge is 0.289 e. The number of amides is 2. The second kappa shape index (κ2) is 7.37. The van der Waals surface area contributed by atoms with Crippen LogP contribution in [-0.2, 0) is 21.1 Å². The predicted octanol–water partition coefficient (Wildman–Crippen LogP) is 0.537. The van der Waals surface area contributed by atoms with Crippen molar-refractivity contribution in [2.45, 2.75) is 11.6 Å². The number of nitrogens with zero attached hydrogens (tertiary/aromatic N) is 2. The minimum absolute atomic E-state index is 0.0627. The average molecular weight is 369 g/mol. The molecule has 2 N–H and O–H groups in total. The lowest BCUT2D eigenvalue weighted by molar-refractivity contribution is -0.121. The van der Waals surface area contributed by atoms with Gasteiger partial charge >= 0.3 is 0 Å². The van der Waals surface area contributed by atoms with Crippen LogP contribution in [0.25, 0.3) is 0 Å². The molecular formula is C14H13ClN4O4S. The number of sulfone groups is 1. The van der Waals surface area contributed by atoms with Crippen LogP contribution < -0.4 is 10.9 Å². The third kappa shape index (κ3) is 4.74. The van der Waals surface area contributed by atoms with Gasteiger partial charge in [-0.05, 0) is 5.56 Å². The Balaban J connectivity index is 2.03. The van der Waals surface area contributed by atoms with Crippen LogP contribution in [0, 0.1) is 0 Å². The van der Waals surface area contributed by atoms with Gasteiger partial charge in [0.2, 0.25) is 20.9 Å². The van der Waals surface area contributed by atoms with Crippen LogP contribution in [0.3, 0.4) is 0 Å². The van der Waals surface area contributed by atoms with Gasteiger partial charge in [-0.25, -0.2) is 18.4 Å². The van der Waals surface area contributed by atoms with E-state index < -0.39 is 26.8 Å². The molecule has 1 aromatic heterocycles. The van der Waals surface area contributed by atoms with Crippen LogP contribution >= 0.6 is 11.6 Å². The van der Waals surface area contributed by atoms with E-state index in [0.29, 0.717) is 0 Å². The Kier molecular flexibility index (Phi) is 5.47. The molecule has 2 aromatic rings. The molecule has 2 amide bonds. The summed E-state index contributed by atoms with van der Waals surface area (Å²) in [6.07, 6.45) is 1.97. The Morgan fingerprint density at radius 3 is 2.46 bits per heavy atom. The first-order valence-electron chi connectivity index (χ1n) is 6.63. The molecule has 1 heterocycles. The van der Waals surface area contributed by atoms with Gasteiger partial charge in [0.25, 0.3) is 5.91 Å². The fourth-order valence-electron chi connectivity index (χ4n) is 1.70. The normalized spacial score (nSPS) is 10.9. The van der Waals surface area contributed by atoms with Crippen molar-refractivity contribution in [3.63, 3.8) is 0 Å². The first-order valence-corrected chi connectivity index (χ1v) is 8.90. The number of nitrogens with one attached hydrogen (secondary N) is 2. The Labute approximate surface area is 143 Å². The summed E-state index contributed by atoms with van der Waals surface area (Å²) in [4.78, 5) is 30.9. The van der Waals surface area contributed by atoms with Crippen molar-refractivity contribution in [3.8, 4) is 0 Å². The molecule has 10 heteroatoms. The van der Waals surface area contributed by atoms with Crippen LogP contribution in [0.15, 0.2) is 41.7 Å². The quantitative estimate of drug-likeness (QED) is 0.600. The zero-order chi connectivity index (χ0) is 17.7. The fourth-order valence-corrected chi connectivity index (χ4v) is 2.38. The number of carbonyl (C=O) groups is 2. The highest BCUT2D eigenvalue weighted by molar-refractivity contribution is 7.90. The van der Waals surface area contributed by atoms with Crippen molar-refractivity contribution in [1.82, 2.24) is 20.8 Å². The molecule has 0 radical (unpaired) electrons. The molecule has 0 saturated heterocycles. The fraction of sp³-hybridized carbons (Fsp3) is 0.143. The number of benzene rings is 1. The maximum atomic E-state index is 12.0. The number of halogens is 1. The summed E-state index contributed by atoms with van der Waals surface area (Å²) in [5.74, 6) is -1.31. The van der Waals surface area contributed by atoms with Gasteiger partial charge in [0.05, 0.1) is 17.6 Å². The number of carbonyl (C=O) groups excluding carboxylic acids is 2. The summed E-state index contributed by atoms with van der Waals surface area (Å²) in [6.45, 7) is 0. The number of hydrazine groups is 1. The van der Waals surface area contributed by atoms with Gasteiger partial charge in [0.15, 0.2) is 5.69 Å². The minimum atomic E-state index is -3.70. The summed E-state index contributed by atoms with van der Waals surface area (Å²) in [5.41, 5.74) is 4.75. The van der Waals surface area contributed by atoms with E-state index in [1.807, 2.05) is 6.07 Å². The predicted molar refractivity (Wildman–Crippen MR) is 85.9 cm³/mol. The topological polar surface area (TPSA) is 118 Å². The van der Waals surface area contributed by atoms with E-state index in [1.54, 1.807) is 24.3 Å². The van der Waals surface area contributed by atoms with Crippen LogP contribution in [0.5, 0.6) is 0 Å². The van der Waals surface area contributed by atoms with E-state index in [1.165, 1.54) is 0 Å². The van der Waals surface area contributed by atoms with E-state index in [9.17, 15) is 18.0 Å². The van der Waals surface area contributed by atoms with Crippen molar-refractivity contribution in [1.29, 1.82) is 0 Å². The number of aromatic nitrogens is 2. The molecule has 0 saturated carbocycles. The molecule has 0 spiro atoms. The summed E-state index contributed by atoms with van der Waals surface area (Å²) >= 11 is 5.79. The van der Waals surface area contributed by atoms with Gasteiger partial charge in [0, 0.05) is 6.26 Å². The second-order valence-electron chi connectivity index (χ2n) is 4.79. The van der Waals surface area contributed by atoms with Gasteiger partial charge in [0.1, 0.15) is 0 Å². The molecule has 0 fully saturated rings. The van der Waals surface area contributed by atoms with Crippen molar-refractivity contribution in [2.24, 2.45) is 0 Å². The van der Waals surface area contributed by atoms with Crippen molar-refractivity contribution < 1.29 is 18.0 Å². The summed E-state index contributed by atoms with van der Waals surface area (Å²) in [6, 6.07) is 8.92. The zero-order valence-electron chi connectivity index (χ0n) is 12.5. The Bertz CT molecular complexity index is 872. The van der Waals surface area contributed by atoms with Gasteiger partial charge < -0.3 is 0 Å². The van der Waals surface area contributed by atoms with E-state index in [2.05, 4.69) is 20.8 Å². The van der Waals surface area contributed by atoms with Crippen LogP contribution in [-0.4, -0.2) is 36.5 Å². The molecule has 0 unspecified atom stereocenters. The van der Waals surface area contributed by atoms with Gasteiger partial charge in [-0.3, -0.25) is 20.4 Å². The third-order valence-corrected chi connectivity index (χ3v) is 3.93. The lowest BCUT2D eigenvalue weighted by Gasteiger charge is -2.08. The molecular weight excluding hydrogens is 356 g/mol. The maximum Gasteiger partial charge on any atom is 0.289 e. The van der Waals surface area contributed by atoms with E-state index in [-0.39, 0.29) is 17.1 Å². The van der Waals surface area contributed by atoms with Crippen molar-refractivity contribution >= 4 is 33.3 Å². The Morgan fingerprint density at radius 1 is 1.17 bits per heavy atom. The minimum Gasteiger partial charge on any atom is -0.273 e. The monoisotopic (exact) mass is 368 g/mol. The average Bonchev–Trinajstić information content (AvgIpc) is 2.53. The second-order valence-corrected chi connectivity index (χ2v) is 7.10. The molecule has 126 valence electrons. The summed E-state index contributed by atoms with van der Waals surface area (Å²) in [5, 5.41) is -0.676. The SMILES string of the molecule is CS(=O)(=O)c1ncc(Cl)c(C(=O)NNC(=O)Cc2ccccc2)n1. The van der Waals surface area contributed by atoms with E-state index in [4.69, 9.17) is 11.6 Å². The highest BCUT2D eigenvalue weighted by Gasteiger charge is 2.19. The first-order chi connectivity index (χ1) is 11.3. The molecule has 0 aliphatic carbocycles. The molecule has 0 aliphatic heterocycles. The molecule has 24 heavy (non-hydrogen) atoms. The molecule has 0 atom stereocenters. The number of hydrogen-bond donors (Lipinski definition) is 2. The van der Waals surface area contributed by atoms with Crippen LogP contribution in [0.1, 0.15) is 16.1 Å². The zero-order valence-corrected chi connectivity index (χ0v) is 14.1. The molecule has 0 bridgehead atoms. The van der Waals surface area contributed by atoms with E-state index >= 15 is 0 Å². The van der Waals surface area contributed by atoms with Crippen LogP contribution in [0.2, 0.25) is 5.02 Å². The molecule has 1 aromatic carbocycles. The molecule has 8 nitrogen and oxygen atoms in total. The molecule has 2 rings (SSSR count). The van der Waals surface area contributed by atoms with Crippen molar-refractivity contribution in [3.05, 3.63) is 52.8 Å². The summed E-state index contributed by atoms with van der Waals surface area (Å²) in [7, 11) is -3.70. The van der Waals surface area contributed by atoms with Gasteiger partial charge in [-0.1, -0.05) is 41.9 Å². The standard InChI is InChI=1S/C14H13ClN4O4S/c1-24(22,23)14-16-8-10(15)12(17-14)13(21)19-18-11(20)7-9-5-3-2-4-6-9/h2-6,8H,7H2,1H3,(H,18,20)(H,19,21). The van der Waals surface area contributed by atoms with Gasteiger partial charge in [-0.15, -0.1) is 0 Å². The van der Waals surface area contributed by atoms with E-state index in [0.717, 1.165) is 18.0 Å². The molecule has 0 aliphatic rings. The first kappa shape index (κ1) is 17.8. The summed E-state index contributed by atoms with van der Waals surface area (Å²) < 4.78 is 22.8. The van der Waals surface area contributed by atoms with Gasteiger partial charge in [-0.2, -0.15) is 0 Å². The third-order valence-electron chi connectivity index (χ3n) is 2.79. The Morgan fingerprint density at radius 2 is 1.83 bits per heavy atom. The highest BCUT2D eigenvalue weighted by atomic mass is 35.5. The smallest absolute Gasteiger partial charge is 0.273 e. The Hall–Kier alpha value is -2.52.